The molecule has 2 aromatic rings. The lowest BCUT2D eigenvalue weighted by Crippen LogP contribution is -2.43. The highest BCUT2D eigenvalue weighted by molar-refractivity contribution is 7.89. The second-order valence-electron chi connectivity index (χ2n) is 6.93. The number of esters is 1. The number of nitriles is 2. The standard InChI is InChI=1S/C22H18FN3O4S/c23-19-5-9-21(10-6-19)31(28,29)26-11-1-2-18(15-26)22(27)30-20-7-3-16(4-8-20)12-17(13-24)14-25/h3-10,12,18H,1-2,11,15H2. The van der Waals surface area contributed by atoms with E-state index in [4.69, 9.17) is 15.3 Å². The van der Waals surface area contributed by atoms with Crippen molar-refractivity contribution < 1.29 is 22.3 Å². The average Bonchev–Trinajstić information content (AvgIpc) is 2.79. The number of allylic oxidation sites excluding steroid dienone is 1. The molecule has 1 aliphatic heterocycles. The molecule has 31 heavy (non-hydrogen) atoms. The van der Waals surface area contributed by atoms with E-state index in [2.05, 4.69) is 0 Å². The van der Waals surface area contributed by atoms with Gasteiger partial charge in [0.2, 0.25) is 10.0 Å². The molecule has 1 aliphatic rings. The largest absolute Gasteiger partial charge is 0.426 e. The minimum atomic E-state index is -3.84. The monoisotopic (exact) mass is 439 g/mol. The van der Waals surface area contributed by atoms with Gasteiger partial charge in [-0.05, 0) is 60.9 Å². The van der Waals surface area contributed by atoms with Crippen LogP contribution in [0.15, 0.2) is 59.0 Å². The van der Waals surface area contributed by atoms with Crippen molar-refractivity contribution in [3.63, 3.8) is 0 Å². The van der Waals surface area contributed by atoms with Crippen LogP contribution in [0.4, 0.5) is 4.39 Å². The maximum atomic E-state index is 13.1. The summed E-state index contributed by atoms with van der Waals surface area (Å²) in [5.74, 6) is -1.43. The van der Waals surface area contributed by atoms with Crippen molar-refractivity contribution in [3.8, 4) is 17.9 Å². The Labute approximate surface area is 179 Å². The van der Waals surface area contributed by atoms with Crippen LogP contribution in [-0.4, -0.2) is 31.8 Å². The Kier molecular flexibility index (Phi) is 6.81. The first-order chi connectivity index (χ1) is 14.8. The number of hydrogen-bond acceptors (Lipinski definition) is 6. The van der Waals surface area contributed by atoms with E-state index in [0.717, 1.165) is 12.1 Å². The summed E-state index contributed by atoms with van der Waals surface area (Å²) in [5.41, 5.74) is 0.557. The van der Waals surface area contributed by atoms with Gasteiger partial charge in [-0.3, -0.25) is 4.79 Å². The smallest absolute Gasteiger partial charge is 0.315 e. The number of nitrogens with zero attached hydrogens (tertiary/aromatic N) is 3. The SMILES string of the molecule is N#CC(C#N)=Cc1ccc(OC(=O)C2CCCN(S(=O)(=O)c3ccc(F)cc3)C2)cc1. The molecule has 3 rings (SSSR count). The second kappa shape index (κ2) is 9.52. The van der Waals surface area contributed by atoms with Crippen LogP contribution in [0.1, 0.15) is 18.4 Å². The Morgan fingerprint density at radius 2 is 1.74 bits per heavy atom. The van der Waals surface area contributed by atoms with Gasteiger partial charge in [0.25, 0.3) is 0 Å². The molecule has 0 N–H and O–H groups in total. The molecule has 9 heteroatoms. The highest BCUT2D eigenvalue weighted by atomic mass is 32.2. The number of sulfonamides is 1. The van der Waals surface area contributed by atoms with E-state index in [1.165, 1.54) is 34.6 Å². The number of piperidine rings is 1. The molecule has 0 spiro atoms. The van der Waals surface area contributed by atoms with E-state index in [9.17, 15) is 17.6 Å². The van der Waals surface area contributed by atoms with Crippen molar-refractivity contribution in [1.29, 1.82) is 10.5 Å². The minimum absolute atomic E-state index is 0.0208. The Morgan fingerprint density at radius 3 is 2.35 bits per heavy atom. The summed E-state index contributed by atoms with van der Waals surface area (Å²) in [6.45, 7) is 0.248. The molecule has 0 radical (unpaired) electrons. The van der Waals surface area contributed by atoms with Gasteiger partial charge in [0.1, 0.15) is 29.3 Å². The minimum Gasteiger partial charge on any atom is -0.426 e. The van der Waals surface area contributed by atoms with Crippen LogP contribution >= 0.6 is 0 Å². The molecule has 0 amide bonds. The van der Waals surface area contributed by atoms with E-state index in [1.54, 1.807) is 24.3 Å². The maximum absolute atomic E-state index is 13.1. The van der Waals surface area contributed by atoms with Crippen LogP contribution in [0.5, 0.6) is 5.75 Å². The first-order valence-electron chi connectivity index (χ1n) is 9.43. The number of carbonyl (C=O) groups excluding carboxylic acids is 1. The van der Waals surface area contributed by atoms with Crippen LogP contribution in [0.25, 0.3) is 6.08 Å². The summed E-state index contributed by atoms with van der Waals surface area (Å²) in [4.78, 5) is 12.6. The van der Waals surface area contributed by atoms with Crippen molar-refractivity contribution in [1.82, 2.24) is 4.31 Å². The fourth-order valence-corrected chi connectivity index (χ4v) is 4.72. The van der Waals surface area contributed by atoms with Crippen molar-refractivity contribution >= 4 is 22.1 Å². The van der Waals surface area contributed by atoms with E-state index >= 15 is 0 Å². The Balaban J connectivity index is 1.67. The molecular formula is C22H18FN3O4S. The van der Waals surface area contributed by atoms with E-state index in [1.807, 2.05) is 0 Å². The molecule has 7 nitrogen and oxygen atoms in total. The second-order valence-corrected chi connectivity index (χ2v) is 8.87. The molecule has 1 unspecified atom stereocenters. The molecule has 0 aliphatic carbocycles. The summed E-state index contributed by atoms with van der Waals surface area (Å²) >= 11 is 0. The number of ether oxygens (including phenoxy) is 1. The van der Waals surface area contributed by atoms with Crippen molar-refractivity contribution in [3.05, 3.63) is 65.5 Å². The van der Waals surface area contributed by atoms with E-state index in [-0.39, 0.29) is 29.3 Å². The topological polar surface area (TPSA) is 111 Å². The number of carbonyl (C=O) groups is 1. The summed E-state index contributed by atoms with van der Waals surface area (Å²) in [6, 6.07) is 14.4. The molecule has 0 saturated carbocycles. The van der Waals surface area contributed by atoms with Gasteiger partial charge in [-0.25, -0.2) is 12.8 Å². The Bertz CT molecular complexity index is 1160. The molecule has 0 bridgehead atoms. The van der Waals surface area contributed by atoms with E-state index < -0.39 is 27.7 Å². The van der Waals surface area contributed by atoms with Crippen molar-refractivity contribution in [2.75, 3.05) is 13.1 Å². The fourth-order valence-electron chi connectivity index (χ4n) is 3.20. The number of benzene rings is 2. The van der Waals surface area contributed by atoms with Gasteiger partial charge >= 0.3 is 5.97 Å². The van der Waals surface area contributed by atoms with Gasteiger partial charge in [0, 0.05) is 13.1 Å². The number of halogens is 1. The van der Waals surface area contributed by atoms with Gasteiger partial charge in [-0.1, -0.05) is 12.1 Å². The Morgan fingerprint density at radius 1 is 1.10 bits per heavy atom. The molecule has 0 aromatic heterocycles. The van der Waals surface area contributed by atoms with Crippen LogP contribution in [0.2, 0.25) is 0 Å². The third kappa shape index (κ3) is 5.34. The van der Waals surface area contributed by atoms with Crippen molar-refractivity contribution in [2.24, 2.45) is 5.92 Å². The average molecular weight is 439 g/mol. The third-order valence-corrected chi connectivity index (χ3v) is 6.70. The summed E-state index contributed by atoms with van der Waals surface area (Å²) in [5, 5.41) is 17.6. The number of rotatable bonds is 5. The summed E-state index contributed by atoms with van der Waals surface area (Å²) in [6.07, 6.45) is 2.39. The Hall–Kier alpha value is -3.53. The van der Waals surface area contributed by atoms with Gasteiger partial charge in [-0.15, -0.1) is 0 Å². The van der Waals surface area contributed by atoms with Crippen LogP contribution in [-0.2, 0) is 14.8 Å². The molecule has 158 valence electrons. The molecule has 2 aromatic carbocycles. The lowest BCUT2D eigenvalue weighted by Gasteiger charge is -2.30. The fraction of sp³-hybridized carbons (Fsp3) is 0.227. The molecule has 1 atom stereocenters. The zero-order valence-electron chi connectivity index (χ0n) is 16.4. The first kappa shape index (κ1) is 22.2. The van der Waals surface area contributed by atoms with Gasteiger partial charge in [0.05, 0.1) is 10.8 Å². The molecule has 1 saturated heterocycles. The van der Waals surface area contributed by atoms with E-state index in [0.29, 0.717) is 18.4 Å². The van der Waals surface area contributed by atoms with Gasteiger partial charge in [0.15, 0.2) is 0 Å². The maximum Gasteiger partial charge on any atom is 0.315 e. The third-order valence-electron chi connectivity index (χ3n) is 4.82. The number of hydrogen-bond donors (Lipinski definition) is 0. The van der Waals surface area contributed by atoms with Gasteiger partial charge in [-0.2, -0.15) is 14.8 Å². The van der Waals surface area contributed by atoms with Gasteiger partial charge < -0.3 is 4.74 Å². The lowest BCUT2D eigenvalue weighted by molar-refractivity contribution is -0.140. The van der Waals surface area contributed by atoms with Crippen LogP contribution in [0, 0.1) is 34.4 Å². The highest BCUT2D eigenvalue weighted by Gasteiger charge is 2.34. The van der Waals surface area contributed by atoms with Crippen molar-refractivity contribution in [2.45, 2.75) is 17.7 Å². The predicted octanol–water partition coefficient (Wildman–Crippen LogP) is 3.26. The summed E-state index contributed by atoms with van der Waals surface area (Å²) in [7, 11) is -3.84. The molecular weight excluding hydrogens is 421 g/mol. The first-order valence-corrected chi connectivity index (χ1v) is 10.9. The lowest BCUT2D eigenvalue weighted by atomic mass is 10.00. The highest BCUT2D eigenvalue weighted by Crippen LogP contribution is 2.25. The quantitative estimate of drug-likeness (QED) is 0.402. The zero-order valence-corrected chi connectivity index (χ0v) is 17.2. The normalized spacial score (nSPS) is 16.5. The van der Waals surface area contributed by atoms with Crippen LogP contribution in [0.3, 0.4) is 0 Å². The summed E-state index contributed by atoms with van der Waals surface area (Å²) < 4.78 is 45.3. The zero-order chi connectivity index (χ0) is 22.4. The molecule has 1 fully saturated rings. The predicted molar refractivity (Wildman–Crippen MR) is 109 cm³/mol. The molecule has 1 heterocycles. The van der Waals surface area contributed by atoms with Crippen LogP contribution < -0.4 is 4.74 Å².